The van der Waals surface area contributed by atoms with E-state index in [0.717, 1.165) is 18.1 Å². The number of aromatic nitrogens is 2. The minimum atomic E-state index is -3.67. The summed E-state index contributed by atoms with van der Waals surface area (Å²) in [5, 5.41) is 0. The first-order valence-corrected chi connectivity index (χ1v) is 10.6. The number of rotatable bonds is 5. The van der Waals surface area contributed by atoms with Crippen molar-refractivity contribution in [3.63, 3.8) is 0 Å². The molecule has 7 nitrogen and oxygen atoms in total. The Hall–Kier alpha value is -2.10. The molecule has 0 bridgehead atoms. The molecule has 1 aromatic carbocycles. The van der Waals surface area contributed by atoms with E-state index in [-0.39, 0.29) is 10.8 Å². The second kappa shape index (κ2) is 8.50. The molecule has 28 heavy (non-hydrogen) atoms. The van der Waals surface area contributed by atoms with Gasteiger partial charge in [-0.1, -0.05) is 0 Å². The Balaban J connectivity index is 1.81. The van der Waals surface area contributed by atoms with Crippen LogP contribution in [0.1, 0.15) is 5.69 Å². The van der Waals surface area contributed by atoms with E-state index in [2.05, 4.69) is 14.9 Å². The van der Waals surface area contributed by atoms with Crippen LogP contribution in [0, 0.1) is 11.7 Å². The van der Waals surface area contributed by atoms with Crippen LogP contribution in [-0.2, 0) is 16.4 Å². The minimum Gasteiger partial charge on any atom is -0.363 e. The van der Waals surface area contributed by atoms with Gasteiger partial charge < -0.3 is 9.80 Å². The van der Waals surface area contributed by atoms with Gasteiger partial charge in [0.15, 0.2) is 0 Å². The third-order valence-electron chi connectivity index (χ3n) is 4.88. The molecule has 1 aromatic heterocycles. The Bertz CT molecular complexity index is 905. The first kappa shape index (κ1) is 20.6. The van der Waals surface area contributed by atoms with Crippen LogP contribution in [0.2, 0.25) is 0 Å². The van der Waals surface area contributed by atoms with Gasteiger partial charge in [0, 0.05) is 52.0 Å². The lowest BCUT2D eigenvalue weighted by molar-refractivity contribution is 0.307. The quantitative estimate of drug-likeness (QED) is 0.748. The third-order valence-corrected chi connectivity index (χ3v) is 6.76. The molecule has 9 heteroatoms. The van der Waals surface area contributed by atoms with Gasteiger partial charge in [-0.2, -0.15) is 4.31 Å². The van der Waals surface area contributed by atoms with Crippen molar-refractivity contribution >= 4 is 15.8 Å². The standard InChI is InChI=1S/C19H26FN5O2S/c1-23(2)19-11-17(21-14-22-19)10-15-12-24(3)8-9-25(13-15)28(26,27)18-6-4-16(20)5-7-18/h4-7,11,14-15H,8-10,12-13H2,1-3H3/t15-/m1/s1. The molecule has 0 N–H and O–H groups in total. The van der Waals surface area contributed by atoms with E-state index >= 15 is 0 Å². The van der Waals surface area contributed by atoms with Crippen LogP contribution in [0.15, 0.2) is 41.6 Å². The van der Waals surface area contributed by atoms with Gasteiger partial charge in [0.25, 0.3) is 0 Å². The number of sulfonamides is 1. The lowest BCUT2D eigenvalue weighted by atomic mass is 10.0. The van der Waals surface area contributed by atoms with E-state index in [4.69, 9.17) is 0 Å². The molecule has 0 aliphatic carbocycles. The normalized spacial score (nSPS) is 19.4. The van der Waals surface area contributed by atoms with Gasteiger partial charge in [-0.05, 0) is 43.7 Å². The van der Waals surface area contributed by atoms with Crippen molar-refractivity contribution in [1.29, 1.82) is 0 Å². The van der Waals surface area contributed by atoms with E-state index < -0.39 is 15.8 Å². The van der Waals surface area contributed by atoms with Crippen molar-refractivity contribution in [1.82, 2.24) is 19.2 Å². The lowest BCUT2D eigenvalue weighted by Crippen LogP contribution is -2.36. The van der Waals surface area contributed by atoms with Crippen LogP contribution >= 0.6 is 0 Å². The van der Waals surface area contributed by atoms with Crippen molar-refractivity contribution < 1.29 is 12.8 Å². The highest BCUT2D eigenvalue weighted by atomic mass is 32.2. The molecule has 0 unspecified atom stereocenters. The average molecular weight is 408 g/mol. The maximum absolute atomic E-state index is 13.2. The Labute approximate surface area is 165 Å². The zero-order valence-corrected chi connectivity index (χ0v) is 17.2. The number of hydrogen-bond acceptors (Lipinski definition) is 6. The molecule has 0 saturated carbocycles. The molecule has 1 fully saturated rings. The van der Waals surface area contributed by atoms with Gasteiger partial charge in [0.1, 0.15) is 18.0 Å². The highest BCUT2D eigenvalue weighted by Gasteiger charge is 2.30. The fraction of sp³-hybridized carbons (Fsp3) is 0.474. The Morgan fingerprint density at radius 1 is 1.14 bits per heavy atom. The highest BCUT2D eigenvalue weighted by Crippen LogP contribution is 2.22. The van der Waals surface area contributed by atoms with Crippen LogP contribution in [0.4, 0.5) is 10.2 Å². The average Bonchev–Trinajstić information content (AvgIpc) is 2.84. The van der Waals surface area contributed by atoms with Gasteiger partial charge in [-0.15, -0.1) is 0 Å². The number of benzene rings is 1. The van der Waals surface area contributed by atoms with Crippen LogP contribution in [0.5, 0.6) is 0 Å². The van der Waals surface area contributed by atoms with Crippen molar-refractivity contribution in [3.8, 4) is 0 Å². The van der Waals surface area contributed by atoms with Gasteiger partial charge >= 0.3 is 0 Å². The third kappa shape index (κ3) is 4.84. The summed E-state index contributed by atoms with van der Waals surface area (Å²) < 4.78 is 40.8. The smallest absolute Gasteiger partial charge is 0.243 e. The summed E-state index contributed by atoms with van der Waals surface area (Å²) in [5.41, 5.74) is 0.887. The Morgan fingerprint density at radius 2 is 1.86 bits per heavy atom. The summed E-state index contributed by atoms with van der Waals surface area (Å²) in [6.45, 7) is 2.21. The Morgan fingerprint density at radius 3 is 2.54 bits per heavy atom. The molecule has 0 radical (unpaired) electrons. The summed E-state index contributed by atoms with van der Waals surface area (Å²) in [6, 6.07) is 6.93. The first-order valence-electron chi connectivity index (χ1n) is 9.18. The molecule has 1 saturated heterocycles. The summed E-state index contributed by atoms with van der Waals surface area (Å²) in [6.07, 6.45) is 2.20. The molecular weight excluding hydrogens is 381 g/mol. The second-order valence-electron chi connectivity index (χ2n) is 7.41. The van der Waals surface area contributed by atoms with E-state index in [1.165, 1.54) is 34.9 Å². The molecule has 1 atom stereocenters. The van der Waals surface area contributed by atoms with Crippen molar-refractivity contribution in [2.24, 2.45) is 5.92 Å². The number of halogens is 1. The zero-order chi connectivity index (χ0) is 20.3. The van der Waals surface area contributed by atoms with Crippen LogP contribution in [-0.4, -0.2) is 74.9 Å². The first-order chi connectivity index (χ1) is 13.3. The topological polar surface area (TPSA) is 69.6 Å². The Kier molecular flexibility index (Phi) is 6.26. The maximum atomic E-state index is 13.2. The molecular formula is C19H26FN5O2S. The summed E-state index contributed by atoms with van der Waals surface area (Å²) in [7, 11) is 2.16. The largest absolute Gasteiger partial charge is 0.363 e. The van der Waals surface area contributed by atoms with Crippen molar-refractivity contribution in [2.75, 3.05) is 52.2 Å². The second-order valence-corrected chi connectivity index (χ2v) is 9.35. The van der Waals surface area contributed by atoms with Crippen LogP contribution in [0.25, 0.3) is 0 Å². The van der Waals surface area contributed by atoms with E-state index in [0.29, 0.717) is 26.1 Å². The minimum absolute atomic E-state index is 0.0904. The van der Waals surface area contributed by atoms with Crippen molar-refractivity contribution in [3.05, 3.63) is 48.2 Å². The number of hydrogen-bond donors (Lipinski definition) is 0. The zero-order valence-electron chi connectivity index (χ0n) is 16.4. The lowest BCUT2D eigenvalue weighted by Gasteiger charge is -2.24. The predicted molar refractivity (Wildman–Crippen MR) is 106 cm³/mol. The van der Waals surface area contributed by atoms with Gasteiger partial charge in [-0.3, -0.25) is 0 Å². The SMILES string of the molecule is CN1CCN(S(=O)(=O)c2ccc(F)cc2)C[C@H](Cc2cc(N(C)C)ncn2)C1. The molecule has 0 amide bonds. The van der Waals surface area contributed by atoms with Crippen LogP contribution in [0.3, 0.4) is 0 Å². The summed E-state index contributed by atoms with van der Waals surface area (Å²) >= 11 is 0. The number of likely N-dealkylation sites (N-methyl/N-ethyl adjacent to an activating group) is 1. The van der Waals surface area contributed by atoms with Gasteiger partial charge in [0.05, 0.1) is 4.90 Å². The maximum Gasteiger partial charge on any atom is 0.243 e. The van der Waals surface area contributed by atoms with Crippen LogP contribution < -0.4 is 4.90 Å². The molecule has 2 heterocycles. The highest BCUT2D eigenvalue weighted by molar-refractivity contribution is 7.89. The van der Waals surface area contributed by atoms with E-state index in [1.807, 2.05) is 32.1 Å². The summed E-state index contributed by atoms with van der Waals surface area (Å²) in [4.78, 5) is 12.8. The number of anilines is 1. The predicted octanol–water partition coefficient (Wildman–Crippen LogP) is 1.48. The molecule has 152 valence electrons. The molecule has 1 aliphatic rings. The molecule has 2 aromatic rings. The van der Waals surface area contributed by atoms with E-state index in [9.17, 15) is 12.8 Å². The number of nitrogens with zero attached hydrogens (tertiary/aromatic N) is 5. The monoisotopic (exact) mass is 407 g/mol. The molecule has 0 spiro atoms. The van der Waals surface area contributed by atoms with Gasteiger partial charge in [0.2, 0.25) is 10.0 Å². The van der Waals surface area contributed by atoms with E-state index in [1.54, 1.807) is 0 Å². The molecule has 1 aliphatic heterocycles. The fourth-order valence-electron chi connectivity index (χ4n) is 3.39. The molecule has 3 rings (SSSR count). The summed E-state index contributed by atoms with van der Waals surface area (Å²) in [5.74, 6) is 0.461. The van der Waals surface area contributed by atoms with Crippen molar-refractivity contribution in [2.45, 2.75) is 11.3 Å². The van der Waals surface area contributed by atoms with Gasteiger partial charge in [-0.25, -0.2) is 22.8 Å². The fourth-order valence-corrected chi connectivity index (χ4v) is 4.90.